The highest BCUT2D eigenvalue weighted by atomic mass is 31.2. The van der Waals surface area contributed by atoms with Crippen molar-refractivity contribution in [3.63, 3.8) is 0 Å². The van der Waals surface area contributed by atoms with E-state index in [0.717, 1.165) is 70.6 Å². The first-order chi connectivity index (χ1) is 24.8. The third-order valence-electron chi connectivity index (χ3n) is 8.23. The first kappa shape index (κ1) is 49.0. The molecule has 2 atom stereocenters. The minimum absolute atomic E-state index is 0.0482. The van der Waals surface area contributed by atoms with E-state index in [2.05, 4.69) is 62.5 Å². The molecule has 51 heavy (non-hydrogen) atoms. The number of ether oxygens (including phenoxy) is 2. The fraction of sp³-hybridized carbons (Fsp3) is 0.756. The predicted octanol–water partition coefficient (Wildman–Crippen LogP) is 11.2. The van der Waals surface area contributed by atoms with Crippen LogP contribution >= 0.6 is 7.82 Å². The number of unbranched alkanes of at least 4 members (excludes halogenated alkanes) is 16. The van der Waals surface area contributed by atoms with Crippen LogP contribution in [0.15, 0.2) is 48.6 Å². The first-order valence-corrected chi connectivity index (χ1v) is 21.6. The quantitative estimate of drug-likeness (QED) is 0.0276. The average Bonchev–Trinajstić information content (AvgIpc) is 3.11. The molecule has 0 rings (SSSR count). The number of phosphoric ester groups is 1. The zero-order valence-electron chi connectivity index (χ0n) is 32.3. The van der Waals surface area contributed by atoms with Gasteiger partial charge in [-0.05, 0) is 51.4 Å². The number of hydrogen-bond acceptors (Lipinski definition) is 8. The molecule has 0 aliphatic heterocycles. The molecule has 0 aromatic heterocycles. The minimum atomic E-state index is -4.38. The Morgan fingerprint density at radius 2 is 1.08 bits per heavy atom. The molecule has 0 aromatic rings. The third-order valence-corrected chi connectivity index (χ3v) is 9.21. The smallest absolute Gasteiger partial charge is 0.462 e. The Hall–Kier alpha value is -2.03. The van der Waals surface area contributed by atoms with Crippen molar-refractivity contribution >= 4 is 19.8 Å². The Labute approximate surface area is 311 Å². The normalized spacial score (nSPS) is 13.9. The highest BCUT2D eigenvalue weighted by Gasteiger charge is 2.25. The second kappa shape index (κ2) is 37.7. The molecule has 0 aromatic carbocycles. The highest BCUT2D eigenvalue weighted by molar-refractivity contribution is 7.47. The summed E-state index contributed by atoms with van der Waals surface area (Å²) in [6, 6.07) is 0. The van der Waals surface area contributed by atoms with Crippen LogP contribution in [-0.4, -0.2) is 49.3 Å². The molecule has 0 saturated carbocycles. The molecular formula is C41H74NO8P. The Bertz CT molecular complexity index is 981. The number of hydrogen-bond donors (Lipinski definition) is 2. The molecule has 0 aliphatic rings. The zero-order valence-corrected chi connectivity index (χ0v) is 33.2. The largest absolute Gasteiger partial charge is 0.472 e. The monoisotopic (exact) mass is 740 g/mol. The van der Waals surface area contributed by atoms with Crippen LogP contribution < -0.4 is 5.73 Å². The molecule has 0 bridgehead atoms. The Balaban J connectivity index is 4.25. The number of carbonyl (C=O) groups excluding carboxylic acids is 2. The van der Waals surface area contributed by atoms with Gasteiger partial charge in [-0.15, -0.1) is 0 Å². The van der Waals surface area contributed by atoms with E-state index in [1.807, 2.05) is 0 Å². The van der Waals surface area contributed by atoms with Crippen LogP contribution in [0.2, 0.25) is 0 Å². The van der Waals surface area contributed by atoms with Gasteiger partial charge in [0.05, 0.1) is 13.2 Å². The summed E-state index contributed by atoms with van der Waals surface area (Å²) in [5, 5.41) is 0. The topological polar surface area (TPSA) is 134 Å². The Morgan fingerprint density at radius 3 is 1.61 bits per heavy atom. The van der Waals surface area contributed by atoms with Gasteiger partial charge < -0.3 is 20.1 Å². The first-order valence-electron chi connectivity index (χ1n) is 20.1. The van der Waals surface area contributed by atoms with E-state index >= 15 is 0 Å². The molecule has 3 N–H and O–H groups in total. The highest BCUT2D eigenvalue weighted by Crippen LogP contribution is 2.43. The van der Waals surface area contributed by atoms with Crippen molar-refractivity contribution in [3.8, 4) is 0 Å². The molecule has 296 valence electrons. The summed E-state index contributed by atoms with van der Waals surface area (Å²) < 4.78 is 32.7. The lowest BCUT2D eigenvalue weighted by Gasteiger charge is -2.19. The number of carbonyl (C=O) groups is 2. The van der Waals surface area contributed by atoms with Crippen LogP contribution in [0.4, 0.5) is 0 Å². The van der Waals surface area contributed by atoms with Crippen molar-refractivity contribution in [3.05, 3.63) is 48.6 Å². The van der Waals surface area contributed by atoms with Gasteiger partial charge in [0.25, 0.3) is 0 Å². The van der Waals surface area contributed by atoms with Crippen LogP contribution in [0.1, 0.15) is 168 Å². The van der Waals surface area contributed by atoms with E-state index in [1.165, 1.54) is 64.2 Å². The maximum absolute atomic E-state index is 12.5. The molecule has 0 heterocycles. The molecule has 2 unspecified atom stereocenters. The average molecular weight is 740 g/mol. The fourth-order valence-corrected chi connectivity index (χ4v) is 6.04. The summed E-state index contributed by atoms with van der Waals surface area (Å²) in [7, 11) is -4.38. The maximum atomic E-state index is 12.5. The maximum Gasteiger partial charge on any atom is 0.472 e. The molecule has 0 saturated heterocycles. The lowest BCUT2D eigenvalue weighted by atomic mass is 10.0. The van der Waals surface area contributed by atoms with Crippen LogP contribution in [0.25, 0.3) is 0 Å². The second-order valence-corrected chi connectivity index (χ2v) is 14.6. The van der Waals surface area contributed by atoms with Crippen molar-refractivity contribution in [2.75, 3.05) is 26.4 Å². The molecule has 0 aliphatic carbocycles. The lowest BCUT2D eigenvalue weighted by molar-refractivity contribution is -0.161. The van der Waals surface area contributed by atoms with Gasteiger partial charge in [-0.1, -0.05) is 152 Å². The van der Waals surface area contributed by atoms with Gasteiger partial charge in [-0.2, -0.15) is 0 Å². The van der Waals surface area contributed by atoms with Gasteiger partial charge in [-0.3, -0.25) is 18.6 Å². The van der Waals surface area contributed by atoms with Gasteiger partial charge in [0, 0.05) is 19.4 Å². The van der Waals surface area contributed by atoms with E-state index in [0.29, 0.717) is 6.42 Å². The van der Waals surface area contributed by atoms with Crippen molar-refractivity contribution in [2.45, 2.75) is 174 Å². The molecule has 0 amide bonds. The van der Waals surface area contributed by atoms with Crippen LogP contribution in [0.3, 0.4) is 0 Å². The summed E-state index contributed by atoms with van der Waals surface area (Å²) in [5.74, 6) is -0.857. The summed E-state index contributed by atoms with van der Waals surface area (Å²) in [5.41, 5.74) is 5.33. The summed E-state index contributed by atoms with van der Waals surface area (Å²) in [6.07, 6.45) is 41.4. The van der Waals surface area contributed by atoms with E-state index in [4.69, 9.17) is 24.3 Å². The van der Waals surface area contributed by atoms with E-state index in [1.54, 1.807) is 0 Å². The minimum Gasteiger partial charge on any atom is -0.462 e. The Morgan fingerprint density at radius 1 is 0.608 bits per heavy atom. The van der Waals surface area contributed by atoms with Gasteiger partial charge in [0.1, 0.15) is 6.61 Å². The molecule has 9 nitrogen and oxygen atoms in total. The predicted molar refractivity (Wildman–Crippen MR) is 210 cm³/mol. The van der Waals surface area contributed by atoms with E-state index in [-0.39, 0.29) is 38.6 Å². The zero-order chi connectivity index (χ0) is 37.5. The van der Waals surface area contributed by atoms with Crippen molar-refractivity contribution in [1.82, 2.24) is 0 Å². The molecule has 0 spiro atoms. The molecule has 10 heteroatoms. The number of rotatable bonds is 37. The second-order valence-electron chi connectivity index (χ2n) is 13.1. The van der Waals surface area contributed by atoms with Gasteiger partial charge in [0.15, 0.2) is 6.10 Å². The SMILES string of the molecule is CCC=CCC=CCC=CCC=CCCCCCCC(=O)OC(COC(=O)CCCCCCCCCCCCCCC)COP(=O)(O)OCCN. The molecular weight excluding hydrogens is 665 g/mol. The van der Waals surface area contributed by atoms with Crippen LogP contribution in [0.5, 0.6) is 0 Å². The van der Waals surface area contributed by atoms with E-state index < -0.39 is 26.5 Å². The number of nitrogens with two attached hydrogens (primary N) is 1. The van der Waals surface area contributed by atoms with Gasteiger partial charge in [0.2, 0.25) is 0 Å². The summed E-state index contributed by atoms with van der Waals surface area (Å²) in [4.78, 5) is 34.8. The van der Waals surface area contributed by atoms with Gasteiger partial charge >= 0.3 is 19.8 Å². The van der Waals surface area contributed by atoms with Crippen molar-refractivity contribution < 1.29 is 37.6 Å². The number of allylic oxidation sites excluding steroid dienone is 8. The fourth-order valence-electron chi connectivity index (χ4n) is 5.27. The van der Waals surface area contributed by atoms with Crippen molar-refractivity contribution in [2.24, 2.45) is 5.73 Å². The lowest BCUT2D eigenvalue weighted by Crippen LogP contribution is -2.29. The Kier molecular flexibility index (Phi) is 36.2. The summed E-state index contributed by atoms with van der Waals surface area (Å²) >= 11 is 0. The standard InChI is InChI=1S/C41H74NO8P/c1-3-5-7-9-11-13-15-17-18-19-20-22-24-26-28-30-32-34-41(44)50-39(38-49-51(45,46)48-36-35-42)37-47-40(43)33-31-29-27-25-23-21-16-14-12-10-8-6-4-2/h5,7,11,13,17-18,20,22,39H,3-4,6,8-10,12,14-16,19,21,23-38,42H2,1-2H3,(H,45,46). The van der Waals surface area contributed by atoms with Crippen molar-refractivity contribution in [1.29, 1.82) is 0 Å². The summed E-state index contributed by atoms with van der Waals surface area (Å²) in [6.45, 7) is 3.58. The number of esters is 2. The van der Waals surface area contributed by atoms with E-state index in [9.17, 15) is 19.0 Å². The van der Waals surface area contributed by atoms with Gasteiger partial charge in [-0.25, -0.2) is 4.57 Å². The van der Waals surface area contributed by atoms with Crippen LogP contribution in [-0.2, 0) is 32.7 Å². The van der Waals surface area contributed by atoms with Crippen LogP contribution in [0, 0.1) is 0 Å². The molecule has 0 fully saturated rings. The third kappa shape index (κ3) is 37.5. The number of phosphoric acid groups is 1. The molecule has 0 radical (unpaired) electrons.